The van der Waals surface area contributed by atoms with Crippen LogP contribution >= 0.6 is 0 Å². The molecule has 0 spiro atoms. The molecular formula is C18H20F4N6O4. The van der Waals surface area contributed by atoms with Crippen LogP contribution in [0.3, 0.4) is 0 Å². The summed E-state index contributed by atoms with van der Waals surface area (Å²) in [5.74, 6) is -2.63. The van der Waals surface area contributed by atoms with Gasteiger partial charge in [0, 0.05) is 52.3 Å². The minimum Gasteiger partial charge on any atom is -0.441 e. The van der Waals surface area contributed by atoms with Crippen molar-refractivity contribution in [3.8, 4) is 0 Å². The molecule has 0 atom stereocenters. The molecule has 1 saturated heterocycles. The van der Waals surface area contributed by atoms with E-state index in [0.717, 1.165) is 17.2 Å². The lowest BCUT2D eigenvalue weighted by atomic mass is 10.0. The van der Waals surface area contributed by atoms with Crippen LogP contribution in [0.15, 0.2) is 22.9 Å². The summed E-state index contributed by atoms with van der Waals surface area (Å²) in [5.41, 5.74) is -1.09. The molecule has 0 bridgehead atoms. The molecule has 2 aromatic heterocycles. The van der Waals surface area contributed by atoms with Crippen LogP contribution < -0.4 is 10.2 Å². The Kier molecular flexibility index (Phi) is 6.50. The number of anilines is 1. The van der Waals surface area contributed by atoms with E-state index in [1.165, 1.54) is 25.1 Å². The third-order valence-electron chi connectivity index (χ3n) is 4.98. The zero-order valence-electron chi connectivity index (χ0n) is 17.1. The van der Waals surface area contributed by atoms with Crippen LogP contribution in [-0.4, -0.2) is 65.0 Å². The Labute approximate surface area is 179 Å². The minimum atomic E-state index is -4.62. The van der Waals surface area contributed by atoms with Gasteiger partial charge in [0.25, 0.3) is 5.91 Å². The molecule has 0 saturated carbocycles. The van der Waals surface area contributed by atoms with Gasteiger partial charge >= 0.3 is 12.3 Å². The second kappa shape index (κ2) is 8.96. The number of amides is 2. The largest absolute Gasteiger partial charge is 0.441 e. The van der Waals surface area contributed by atoms with Gasteiger partial charge in [0.15, 0.2) is 23.9 Å². The van der Waals surface area contributed by atoms with Gasteiger partial charge in [-0.1, -0.05) is 5.16 Å². The van der Waals surface area contributed by atoms with E-state index in [4.69, 9.17) is 9.26 Å². The average Bonchev–Trinajstić information content (AvgIpc) is 3.25. The number of ether oxygens (including phenoxy) is 1. The van der Waals surface area contributed by atoms with Crippen molar-refractivity contribution < 1.29 is 36.4 Å². The van der Waals surface area contributed by atoms with E-state index in [-0.39, 0.29) is 49.9 Å². The Balaban J connectivity index is 1.56. The van der Waals surface area contributed by atoms with E-state index in [1.54, 1.807) is 0 Å². The van der Waals surface area contributed by atoms with Crippen molar-refractivity contribution in [2.75, 3.05) is 32.1 Å². The van der Waals surface area contributed by atoms with Crippen LogP contribution in [0, 0.1) is 0 Å². The predicted molar refractivity (Wildman–Crippen MR) is 100 cm³/mol. The predicted octanol–water partition coefficient (Wildman–Crippen LogP) is 2.38. The molecule has 1 fully saturated rings. The summed E-state index contributed by atoms with van der Waals surface area (Å²) in [5, 5.41) is 5.87. The highest BCUT2D eigenvalue weighted by molar-refractivity contribution is 5.91. The molecular weight excluding hydrogens is 440 g/mol. The molecule has 0 unspecified atom stereocenters. The highest BCUT2D eigenvalue weighted by Gasteiger charge is 2.42. The normalized spacial score (nSPS) is 15.9. The highest BCUT2D eigenvalue weighted by atomic mass is 19.4. The topological polar surface area (TPSA) is 114 Å². The summed E-state index contributed by atoms with van der Waals surface area (Å²) in [6.45, 7) is -0.381. The van der Waals surface area contributed by atoms with Gasteiger partial charge in [0.2, 0.25) is 5.95 Å². The van der Waals surface area contributed by atoms with Crippen LogP contribution in [-0.2, 0) is 17.5 Å². The molecule has 3 heterocycles. The number of hydrogen-bond donors (Lipinski definition) is 1. The number of hydrogen-bond acceptors (Lipinski definition) is 8. The smallest absolute Gasteiger partial charge is 0.433 e. The van der Waals surface area contributed by atoms with Gasteiger partial charge in [-0.25, -0.2) is 19.2 Å². The number of rotatable bonds is 5. The maximum absolute atomic E-state index is 15.3. The third-order valence-corrected chi connectivity index (χ3v) is 4.98. The molecule has 0 aliphatic carbocycles. The molecule has 10 nitrogen and oxygen atoms in total. The zero-order chi connectivity index (χ0) is 23.5. The molecule has 174 valence electrons. The van der Waals surface area contributed by atoms with E-state index < -0.39 is 29.7 Å². The van der Waals surface area contributed by atoms with E-state index >= 15 is 4.39 Å². The SMILES string of the molecule is CNC(=O)c1cc(COC(=O)N(C)C2(F)CCN(c3nccc(C(F)(F)F)n3)CC2)on1. The van der Waals surface area contributed by atoms with E-state index in [9.17, 15) is 22.8 Å². The first kappa shape index (κ1) is 23.2. The molecule has 1 aliphatic heterocycles. The van der Waals surface area contributed by atoms with Gasteiger partial charge in [-0.3, -0.25) is 9.69 Å². The number of aromatic nitrogens is 3. The number of carbonyl (C=O) groups is 2. The number of nitrogens with zero attached hydrogens (tertiary/aromatic N) is 5. The molecule has 3 rings (SSSR count). The maximum Gasteiger partial charge on any atom is 0.433 e. The Morgan fingerprint density at radius 3 is 2.66 bits per heavy atom. The van der Waals surface area contributed by atoms with Crippen LogP contribution in [0.1, 0.15) is 34.8 Å². The Morgan fingerprint density at radius 1 is 1.34 bits per heavy atom. The van der Waals surface area contributed by atoms with Crippen molar-refractivity contribution in [1.82, 2.24) is 25.3 Å². The second-order valence-electron chi connectivity index (χ2n) is 7.02. The fraction of sp³-hybridized carbons (Fsp3) is 0.500. The van der Waals surface area contributed by atoms with Crippen LogP contribution in [0.25, 0.3) is 0 Å². The molecule has 0 radical (unpaired) electrons. The molecule has 1 N–H and O–H groups in total. The van der Waals surface area contributed by atoms with Gasteiger partial charge in [0.1, 0.15) is 5.69 Å². The Bertz CT molecular complexity index is 974. The van der Waals surface area contributed by atoms with Crippen LogP contribution in [0.4, 0.5) is 28.3 Å². The molecule has 0 aromatic carbocycles. The standard InChI is InChI=1S/C18H20F4N6O4/c1-23-14(29)12-9-11(32-26-12)10-31-16(30)27(2)17(19)4-7-28(8-5-17)15-24-6-3-13(25-15)18(20,21)22/h3,6,9H,4-5,7-8,10H2,1-2H3,(H,23,29). The quantitative estimate of drug-likeness (QED) is 0.535. The first-order valence-corrected chi connectivity index (χ1v) is 9.46. The molecule has 14 heteroatoms. The highest BCUT2D eigenvalue weighted by Crippen LogP contribution is 2.33. The lowest BCUT2D eigenvalue weighted by Gasteiger charge is -2.40. The van der Waals surface area contributed by atoms with Crippen molar-refractivity contribution in [1.29, 1.82) is 0 Å². The Hall–Kier alpha value is -3.45. The van der Waals surface area contributed by atoms with Gasteiger partial charge in [-0.15, -0.1) is 0 Å². The average molecular weight is 460 g/mol. The van der Waals surface area contributed by atoms with Gasteiger partial charge in [-0.2, -0.15) is 13.2 Å². The van der Waals surface area contributed by atoms with Gasteiger partial charge in [-0.05, 0) is 6.07 Å². The van der Waals surface area contributed by atoms with Crippen LogP contribution in [0.2, 0.25) is 0 Å². The first-order chi connectivity index (χ1) is 15.0. The summed E-state index contributed by atoms with van der Waals surface area (Å²) in [4.78, 5) is 33.3. The fourth-order valence-electron chi connectivity index (χ4n) is 3.05. The van der Waals surface area contributed by atoms with E-state index in [0.29, 0.717) is 0 Å². The van der Waals surface area contributed by atoms with Crippen LogP contribution in [0.5, 0.6) is 0 Å². The number of carbonyl (C=O) groups excluding carboxylic acids is 2. The summed E-state index contributed by atoms with van der Waals surface area (Å²) in [6, 6.07) is 2.04. The van der Waals surface area contributed by atoms with Crippen molar-refractivity contribution in [3.05, 3.63) is 35.5 Å². The number of piperidine rings is 1. The lowest BCUT2D eigenvalue weighted by molar-refractivity contribution is -0.141. The first-order valence-electron chi connectivity index (χ1n) is 9.46. The second-order valence-corrected chi connectivity index (χ2v) is 7.02. The number of halogens is 4. The zero-order valence-corrected chi connectivity index (χ0v) is 17.1. The molecule has 32 heavy (non-hydrogen) atoms. The fourth-order valence-corrected chi connectivity index (χ4v) is 3.05. The summed E-state index contributed by atoms with van der Waals surface area (Å²) < 4.78 is 63.8. The number of alkyl halides is 4. The summed E-state index contributed by atoms with van der Waals surface area (Å²) in [6.07, 6.45) is -4.99. The van der Waals surface area contributed by atoms with E-state index in [2.05, 4.69) is 20.4 Å². The molecule has 1 aliphatic rings. The lowest BCUT2D eigenvalue weighted by Crippen LogP contribution is -2.53. The number of nitrogens with one attached hydrogen (secondary N) is 1. The van der Waals surface area contributed by atoms with Crippen molar-refractivity contribution >= 4 is 17.9 Å². The molecule has 2 amide bonds. The maximum atomic E-state index is 15.3. The monoisotopic (exact) mass is 460 g/mol. The van der Waals surface area contributed by atoms with E-state index in [1.807, 2.05) is 0 Å². The summed E-state index contributed by atoms with van der Waals surface area (Å²) >= 11 is 0. The Morgan fingerprint density at radius 2 is 2.03 bits per heavy atom. The third kappa shape index (κ3) is 5.06. The minimum absolute atomic E-state index is 0.00181. The van der Waals surface area contributed by atoms with Crippen molar-refractivity contribution in [2.45, 2.75) is 31.4 Å². The van der Waals surface area contributed by atoms with Crippen molar-refractivity contribution in [3.63, 3.8) is 0 Å². The molecule has 2 aromatic rings. The van der Waals surface area contributed by atoms with Crippen molar-refractivity contribution in [2.24, 2.45) is 0 Å². The van der Waals surface area contributed by atoms with Gasteiger partial charge < -0.3 is 19.5 Å². The summed E-state index contributed by atoms with van der Waals surface area (Å²) in [7, 11) is 2.63. The van der Waals surface area contributed by atoms with Gasteiger partial charge in [0.05, 0.1) is 0 Å².